The minimum atomic E-state index is -0.370. The van der Waals surface area contributed by atoms with Gasteiger partial charge in [0.05, 0.1) is 25.3 Å². The van der Waals surface area contributed by atoms with Gasteiger partial charge in [-0.1, -0.05) is 5.21 Å². The molecule has 1 aliphatic rings. The third-order valence-corrected chi connectivity index (χ3v) is 2.44. The molecule has 1 aliphatic heterocycles. The van der Waals surface area contributed by atoms with Gasteiger partial charge in [0, 0.05) is 19.2 Å². The fourth-order valence-corrected chi connectivity index (χ4v) is 1.56. The van der Waals surface area contributed by atoms with E-state index >= 15 is 0 Å². The van der Waals surface area contributed by atoms with E-state index in [0.717, 1.165) is 4.90 Å². The number of aliphatic hydroxyl groups is 1. The molecule has 0 saturated carbocycles. The third kappa shape index (κ3) is 2.59. The summed E-state index contributed by atoms with van der Waals surface area (Å²) in [6.07, 6.45) is 2.14. The van der Waals surface area contributed by atoms with Crippen LogP contribution >= 0.6 is 0 Å². The van der Waals surface area contributed by atoms with E-state index in [0.29, 0.717) is 18.7 Å². The SMILES string of the molecule is O=C1CNC(=O)N1CCn1cc(CCO)nn1. The molecule has 1 aromatic rings. The molecule has 17 heavy (non-hydrogen) atoms. The molecule has 0 atom stereocenters. The molecule has 2 N–H and O–H groups in total. The minimum absolute atomic E-state index is 0.0196. The van der Waals surface area contributed by atoms with E-state index in [1.807, 2.05) is 0 Å². The molecule has 2 heterocycles. The molecule has 2 rings (SSSR count). The standard InChI is InChI=1S/C9H13N5O3/c15-4-1-7-6-13(12-11-7)2-3-14-8(16)5-10-9(14)17/h6,15H,1-5H2,(H,10,17). The number of carbonyl (C=O) groups is 2. The zero-order valence-electron chi connectivity index (χ0n) is 9.17. The normalized spacial score (nSPS) is 15.5. The molecule has 8 heteroatoms. The van der Waals surface area contributed by atoms with Crippen LogP contribution in [-0.4, -0.2) is 56.6 Å². The highest BCUT2D eigenvalue weighted by Crippen LogP contribution is 2.00. The minimum Gasteiger partial charge on any atom is -0.396 e. The zero-order chi connectivity index (χ0) is 12.3. The molecule has 0 radical (unpaired) electrons. The summed E-state index contributed by atoms with van der Waals surface area (Å²) in [5.41, 5.74) is 0.685. The quantitative estimate of drug-likeness (QED) is 0.600. The Morgan fingerprint density at radius 1 is 1.41 bits per heavy atom. The van der Waals surface area contributed by atoms with Crippen LogP contribution in [-0.2, 0) is 17.8 Å². The fourth-order valence-electron chi connectivity index (χ4n) is 1.56. The molecule has 1 aromatic heterocycles. The monoisotopic (exact) mass is 239 g/mol. The van der Waals surface area contributed by atoms with Crippen molar-refractivity contribution < 1.29 is 14.7 Å². The largest absolute Gasteiger partial charge is 0.396 e. The number of hydrogen-bond donors (Lipinski definition) is 2. The predicted molar refractivity (Wildman–Crippen MR) is 55.9 cm³/mol. The van der Waals surface area contributed by atoms with Crippen LogP contribution in [0.15, 0.2) is 6.20 Å². The molecule has 0 spiro atoms. The van der Waals surface area contributed by atoms with Crippen molar-refractivity contribution in [3.8, 4) is 0 Å². The Kier molecular flexibility index (Phi) is 3.33. The smallest absolute Gasteiger partial charge is 0.324 e. The summed E-state index contributed by atoms with van der Waals surface area (Å²) in [6.45, 7) is 0.752. The fraction of sp³-hybridized carbons (Fsp3) is 0.556. The molecule has 3 amide bonds. The van der Waals surface area contributed by atoms with Crippen LogP contribution < -0.4 is 5.32 Å². The first-order chi connectivity index (χ1) is 8.20. The van der Waals surface area contributed by atoms with Gasteiger partial charge in [0.15, 0.2) is 0 Å². The lowest BCUT2D eigenvalue weighted by molar-refractivity contribution is -0.125. The highest BCUT2D eigenvalue weighted by atomic mass is 16.3. The number of aliphatic hydroxyl groups excluding tert-OH is 1. The molecule has 92 valence electrons. The van der Waals surface area contributed by atoms with Gasteiger partial charge in [0.25, 0.3) is 0 Å². The van der Waals surface area contributed by atoms with Gasteiger partial charge in [-0.3, -0.25) is 14.4 Å². The number of urea groups is 1. The third-order valence-electron chi connectivity index (χ3n) is 2.44. The van der Waals surface area contributed by atoms with Gasteiger partial charge in [0.2, 0.25) is 5.91 Å². The van der Waals surface area contributed by atoms with E-state index < -0.39 is 0 Å². The van der Waals surface area contributed by atoms with E-state index in [2.05, 4.69) is 15.6 Å². The molecule has 0 bridgehead atoms. The van der Waals surface area contributed by atoms with Crippen LogP contribution in [0.2, 0.25) is 0 Å². The van der Waals surface area contributed by atoms with Crippen molar-refractivity contribution >= 4 is 11.9 Å². The number of nitrogens with zero attached hydrogens (tertiary/aromatic N) is 4. The number of aromatic nitrogens is 3. The number of imide groups is 1. The number of rotatable bonds is 5. The maximum absolute atomic E-state index is 11.3. The highest BCUT2D eigenvalue weighted by Gasteiger charge is 2.27. The van der Waals surface area contributed by atoms with Gasteiger partial charge >= 0.3 is 6.03 Å². The van der Waals surface area contributed by atoms with Gasteiger partial charge in [-0.05, 0) is 0 Å². The Morgan fingerprint density at radius 3 is 2.88 bits per heavy atom. The highest BCUT2D eigenvalue weighted by molar-refractivity contribution is 6.01. The van der Waals surface area contributed by atoms with Crippen molar-refractivity contribution in [3.05, 3.63) is 11.9 Å². The number of carbonyl (C=O) groups excluding carboxylic acids is 2. The van der Waals surface area contributed by atoms with Crippen molar-refractivity contribution in [2.75, 3.05) is 19.7 Å². The van der Waals surface area contributed by atoms with Crippen molar-refractivity contribution in [2.24, 2.45) is 0 Å². The van der Waals surface area contributed by atoms with Gasteiger partial charge in [0.1, 0.15) is 0 Å². The Hall–Kier alpha value is -1.96. The number of nitrogens with one attached hydrogen (secondary N) is 1. The van der Waals surface area contributed by atoms with Crippen LogP contribution in [0.5, 0.6) is 0 Å². The predicted octanol–water partition coefficient (Wildman–Crippen LogP) is -1.64. The second kappa shape index (κ2) is 4.91. The summed E-state index contributed by atoms with van der Waals surface area (Å²) in [5.74, 6) is -0.231. The molecule has 1 fully saturated rings. The van der Waals surface area contributed by atoms with Crippen LogP contribution in [0.25, 0.3) is 0 Å². The lowest BCUT2D eigenvalue weighted by Crippen LogP contribution is -2.33. The molecular weight excluding hydrogens is 226 g/mol. The van der Waals surface area contributed by atoms with Crippen LogP contribution in [0, 0.1) is 0 Å². The van der Waals surface area contributed by atoms with Crippen molar-refractivity contribution in [2.45, 2.75) is 13.0 Å². The van der Waals surface area contributed by atoms with Gasteiger partial charge in [-0.2, -0.15) is 0 Å². The van der Waals surface area contributed by atoms with Gasteiger partial charge in [-0.15, -0.1) is 5.10 Å². The molecular formula is C9H13N5O3. The van der Waals surface area contributed by atoms with Crippen LogP contribution in [0.1, 0.15) is 5.69 Å². The zero-order valence-corrected chi connectivity index (χ0v) is 9.17. The summed E-state index contributed by atoms with van der Waals surface area (Å²) < 4.78 is 1.55. The summed E-state index contributed by atoms with van der Waals surface area (Å²) in [4.78, 5) is 23.7. The summed E-state index contributed by atoms with van der Waals surface area (Å²) in [5, 5.41) is 18.8. The Labute approximate surface area is 97.2 Å². The number of amides is 3. The Morgan fingerprint density at radius 2 is 2.24 bits per heavy atom. The van der Waals surface area contributed by atoms with E-state index in [1.54, 1.807) is 10.9 Å². The van der Waals surface area contributed by atoms with Crippen molar-refractivity contribution in [1.29, 1.82) is 0 Å². The van der Waals surface area contributed by atoms with E-state index in [-0.39, 0.29) is 31.6 Å². The lowest BCUT2D eigenvalue weighted by atomic mass is 10.3. The van der Waals surface area contributed by atoms with E-state index in [9.17, 15) is 9.59 Å². The average Bonchev–Trinajstić information content (AvgIpc) is 2.86. The summed E-state index contributed by atoms with van der Waals surface area (Å²) in [6, 6.07) is -0.370. The average molecular weight is 239 g/mol. The second-order valence-electron chi connectivity index (χ2n) is 3.65. The van der Waals surface area contributed by atoms with Gasteiger partial charge in [-0.25, -0.2) is 4.79 Å². The van der Waals surface area contributed by atoms with Crippen LogP contribution in [0.3, 0.4) is 0 Å². The second-order valence-corrected chi connectivity index (χ2v) is 3.65. The van der Waals surface area contributed by atoms with Crippen LogP contribution in [0.4, 0.5) is 4.79 Å². The molecule has 0 aromatic carbocycles. The van der Waals surface area contributed by atoms with E-state index in [4.69, 9.17) is 5.11 Å². The lowest BCUT2D eigenvalue weighted by Gasteiger charge is -2.11. The maximum Gasteiger partial charge on any atom is 0.324 e. The topological polar surface area (TPSA) is 100 Å². The first-order valence-corrected chi connectivity index (χ1v) is 5.29. The Balaban J connectivity index is 1.88. The first kappa shape index (κ1) is 11.5. The number of hydrogen-bond acceptors (Lipinski definition) is 5. The molecule has 8 nitrogen and oxygen atoms in total. The molecule has 0 unspecified atom stereocenters. The maximum atomic E-state index is 11.3. The Bertz CT molecular complexity index is 414. The van der Waals surface area contributed by atoms with Crippen molar-refractivity contribution in [1.82, 2.24) is 25.2 Å². The molecule has 0 aliphatic carbocycles. The summed E-state index contributed by atoms with van der Waals surface area (Å²) in [7, 11) is 0. The van der Waals surface area contributed by atoms with Gasteiger partial charge < -0.3 is 10.4 Å². The summed E-state index contributed by atoms with van der Waals surface area (Å²) >= 11 is 0. The first-order valence-electron chi connectivity index (χ1n) is 5.29. The molecule has 1 saturated heterocycles. The van der Waals surface area contributed by atoms with E-state index in [1.165, 1.54) is 0 Å². The van der Waals surface area contributed by atoms with Crippen molar-refractivity contribution in [3.63, 3.8) is 0 Å².